The average Bonchev–Trinajstić information content (AvgIpc) is 3.38. The summed E-state index contributed by atoms with van der Waals surface area (Å²) in [4.78, 5) is 12.5. The van der Waals surface area contributed by atoms with Crippen molar-refractivity contribution in [1.82, 2.24) is 20.6 Å². The average molecular weight is 448 g/mol. The molecule has 1 unspecified atom stereocenters. The minimum Gasteiger partial charge on any atom is -0.485 e. The standard InChI is InChI=1S/C25H29N5O3/c1-2-3-4-5-6-8-18-11-13-19(14-12-18)15-16-23(31)26-20-9-7-10-21-24(20)33-22(17-32-21)25-27-29-30-28-25/h7,9-16,22H,2-6,8,17H2,1H3,(H,26,31)(H,27,28,29,30). The normalized spacial score (nSPS) is 15.0. The maximum absolute atomic E-state index is 12.5. The summed E-state index contributed by atoms with van der Waals surface area (Å²) in [5.74, 6) is 1.14. The van der Waals surface area contributed by atoms with Crippen LogP contribution >= 0.6 is 0 Å². The third-order valence-corrected chi connectivity index (χ3v) is 5.51. The number of unbranched alkanes of at least 4 members (excludes halogenated alkanes) is 4. The number of aryl methyl sites for hydroxylation is 1. The van der Waals surface area contributed by atoms with E-state index in [9.17, 15) is 4.79 Å². The fourth-order valence-corrected chi connectivity index (χ4v) is 3.70. The number of amides is 1. The minimum absolute atomic E-state index is 0.256. The van der Waals surface area contributed by atoms with Crippen molar-refractivity contribution < 1.29 is 14.3 Å². The molecule has 1 amide bonds. The fourth-order valence-electron chi connectivity index (χ4n) is 3.70. The van der Waals surface area contributed by atoms with Crippen molar-refractivity contribution >= 4 is 17.7 Å². The number of fused-ring (bicyclic) bond motifs is 1. The molecular formula is C25H29N5O3. The van der Waals surface area contributed by atoms with Gasteiger partial charge in [0.05, 0.1) is 5.69 Å². The van der Waals surface area contributed by atoms with Crippen LogP contribution in [0.4, 0.5) is 5.69 Å². The number of nitrogens with zero attached hydrogens (tertiary/aromatic N) is 3. The van der Waals surface area contributed by atoms with Crippen LogP contribution in [-0.2, 0) is 11.2 Å². The smallest absolute Gasteiger partial charge is 0.248 e. The number of carbonyl (C=O) groups excluding carboxylic acids is 1. The highest BCUT2D eigenvalue weighted by Gasteiger charge is 2.28. The van der Waals surface area contributed by atoms with Crippen LogP contribution in [0.3, 0.4) is 0 Å². The van der Waals surface area contributed by atoms with Crippen molar-refractivity contribution in [3.05, 3.63) is 65.5 Å². The molecule has 0 spiro atoms. The molecule has 2 N–H and O–H groups in total. The number of rotatable bonds is 10. The topological polar surface area (TPSA) is 102 Å². The molecule has 1 aliphatic rings. The van der Waals surface area contributed by atoms with Gasteiger partial charge in [0.1, 0.15) is 6.61 Å². The first-order valence-corrected chi connectivity index (χ1v) is 11.5. The van der Waals surface area contributed by atoms with Crippen molar-refractivity contribution in [3.63, 3.8) is 0 Å². The Morgan fingerprint density at radius 2 is 2.00 bits per heavy atom. The number of nitrogens with one attached hydrogen (secondary N) is 2. The summed E-state index contributed by atoms with van der Waals surface area (Å²) >= 11 is 0. The lowest BCUT2D eigenvalue weighted by Crippen LogP contribution is -2.24. The van der Waals surface area contributed by atoms with Crippen LogP contribution in [0.1, 0.15) is 62.1 Å². The Morgan fingerprint density at radius 3 is 2.79 bits per heavy atom. The molecule has 0 bridgehead atoms. The van der Waals surface area contributed by atoms with Gasteiger partial charge in [0, 0.05) is 6.08 Å². The summed E-state index contributed by atoms with van der Waals surface area (Å²) in [6.07, 6.45) is 10.3. The first-order chi connectivity index (χ1) is 16.2. The van der Waals surface area contributed by atoms with Gasteiger partial charge in [0.15, 0.2) is 17.6 Å². The van der Waals surface area contributed by atoms with E-state index in [4.69, 9.17) is 9.47 Å². The number of aromatic amines is 1. The summed E-state index contributed by atoms with van der Waals surface area (Å²) in [6, 6.07) is 13.7. The molecule has 172 valence electrons. The van der Waals surface area contributed by atoms with Crippen molar-refractivity contribution in [2.75, 3.05) is 11.9 Å². The molecule has 1 aliphatic heterocycles. The summed E-state index contributed by atoms with van der Waals surface area (Å²) in [5.41, 5.74) is 2.83. The van der Waals surface area contributed by atoms with Crippen LogP contribution in [0, 0.1) is 0 Å². The van der Waals surface area contributed by atoms with E-state index in [1.165, 1.54) is 43.7 Å². The van der Waals surface area contributed by atoms with Crippen LogP contribution in [-0.4, -0.2) is 33.1 Å². The van der Waals surface area contributed by atoms with Gasteiger partial charge in [0.2, 0.25) is 11.7 Å². The van der Waals surface area contributed by atoms with Crippen molar-refractivity contribution in [2.45, 2.75) is 51.6 Å². The van der Waals surface area contributed by atoms with Gasteiger partial charge in [-0.3, -0.25) is 4.79 Å². The maximum Gasteiger partial charge on any atom is 0.248 e. The number of ether oxygens (including phenoxy) is 2. The fraction of sp³-hybridized carbons (Fsp3) is 0.360. The number of para-hydroxylation sites is 1. The predicted molar refractivity (Wildman–Crippen MR) is 126 cm³/mol. The van der Waals surface area contributed by atoms with E-state index in [2.05, 4.69) is 45.0 Å². The summed E-state index contributed by atoms with van der Waals surface area (Å²) in [7, 11) is 0. The van der Waals surface area contributed by atoms with Gasteiger partial charge in [-0.05, 0) is 42.2 Å². The molecule has 0 fully saturated rings. The lowest BCUT2D eigenvalue weighted by atomic mass is 10.0. The van der Waals surface area contributed by atoms with E-state index in [-0.39, 0.29) is 12.5 Å². The first kappa shape index (κ1) is 22.5. The van der Waals surface area contributed by atoms with E-state index in [0.717, 1.165) is 12.0 Å². The maximum atomic E-state index is 12.5. The molecule has 0 saturated heterocycles. The number of hydrogen-bond acceptors (Lipinski definition) is 6. The lowest BCUT2D eigenvalue weighted by molar-refractivity contribution is -0.111. The van der Waals surface area contributed by atoms with E-state index < -0.39 is 6.10 Å². The van der Waals surface area contributed by atoms with Crippen molar-refractivity contribution in [1.29, 1.82) is 0 Å². The van der Waals surface area contributed by atoms with Crippen LogP contribution in [0.15, 0.2) is 48.5 Å². The summed E-state index contributed by atoms with van der Waals surface area (Å²) in [5, 5.41) is 16.7. The highest BCUT2D eigenvalue weighted by Crippen LogP contribution is 2.41. The summed E-state index contributed by atoms with van der Waals surface area (Å²) in [6.45, 7) is 2.49. The third kappa shape index (κ3) is 6.19. The van der Waals surface area contributed by atoms with E-state index in [1.54, 1.807) is 24.3 Å². The van der Waals surface area contributed by atoms with Crippen LogP contribution in [0.25, 0.3) is 6.08 Å². The molecule has 2 aromatic carbocycles. The molecule has 2 heterocycles. The quantitative estimate of drug-likeness (QED) is 0.339. The zero-order valence-corrected chi connectivity index (χ0v) is 18.8. The lowest BCUT2D eigenvalue weighted by Gasteiger charge is -2.26. The Labute approximate surface area is 193 Å². The number of hydrogen-bond donors (Lipinski definition) is 2. The first-order valence-electron chi connectivity index (χ1n) is 11.5. The highest BCUT2D eigenvalue weighted by atomic mass is 16.6. The number of carbonyl (C=O) groups is 1. The summed E-state index contributed by atoms with van der Waals surface area (Å²) < 4.78 is 11.7. The molecule has 3 aromatic rings. The number of aromatic nitrogens is 4. The van der Waals surface area contributed by atoms with Gasteiger partial charge in [0.25, 0.3) is 0 Å². The Hall–Kier alpha value is -3.68. The predicted octanol–water partition coefficient (Wildman–Crippen LogP) is 4.88. The number of benzene rings is 2. The van der Waals surface area contributed by atoms with E-state index in [0.29, 0.717) is 23.0 Å². The highest BCUT2D eigenvalue weighted by molar-refractivity contribution is 6.03. The molecule has 0 radical (unpaired) electrons. The van der Waals surface area contributed by atoms with Gasteiger partial charge in [-0.25, -0.2) is 0 Å². The zero-order chi connectivity index (χ0) is 22.9. The zero-order valence-electron chi connectivity index (χ0n) is 18.8. The van der Waals surface area contributed by atoms with Crippen LogP contribution < -0.4 is 14.8 Å². The minimum atomic E-state index is -0.505. The van der Waals surface area contributed by atoms with Gasteiger partial charge >= 0.3 is 0 Å². The second kappa shape index (κ2) is 11.3. The number of H-pyrrole nitrogens is 1. The Bertz CT molecular complexity index is 1060. The van der Waals surface area contributed by atoms with Crippen molar-refractivity contribution in [3.8, 4) is 11.5 Å². The van der Waals surface area contributed by atoms with Gasteiger partial charge < -0.3 is 14.8 Å². The monoisotopic (exact) mass is 447 g/mol. The Morgan fingerprint density at radius 1 is 1.15 bits per heavy atom. The second-order valence-corrected chi connectivity index (χ2v) is 8.05. The van der Waals surface area contributed by atoms with E-state index in [1.807, 2.05) is 12.1 Å². The Kier molecular flexibility index (Phi) is 7.68. The van der Waals surface area contributed by atoms with Gasteiger partial charge in [-0.15, -0.1) is 10.2 Å². The second-order valence-electron chi connectivity index (χ2n) is 8.05. The molecule has 1 atom stereocenters. The molecule has 4 rings (SSSR count). The van der Waals surface area contributed by atoms with Crippen molar-refractivity contribution in [2.24, 2.45) is 0 Å². The van der Waals surface area contributed by atoms with Crippen LogP contribution in [0.5, 0.6) is 11.5 Å². The Balaban J connectivity index is 1.33. The largest absolute Gasteiger partial charge is 0.485 e. The number of tetrazole rings is 1. The van der Waals surface area contributed by atoms with E-state index >= 15 is 0 Å². The molecule has 0 saturated carbocycles. The third-order valence-electron chi connectivity index (χ3n) is 5.51. The molecule has 33 heavy (non-hydrogen) atoms. The van der Waals surface area contributed by atoms with Gasteiger partial charge in [-0.2, -0.15) is 5.21 Å². The molecule has 0 aliphatic carbocycles. The van der Waals surface area contributed by atoms with Gasteiger partial charge in [-0.1, -0.05) is 68.2 Å². The molecule has 8 nitrogen and oxygen atoms in total. The molecular weight excluding hydrogens is 418 g/mol. The SMILES string of the molecule is CCCCCCCc1ccc(C=CC(=O)Nc2cccc3c2OC(c2nn[nH]n2)CO3)cc1. The number of anilines is 1. The molecule has 8 heteroatoms. The molecule has 1 aromatic heterocycles. The van der Waals surface area contributed by atoms with Crippen LogP contribution in [0.2, 0.25) is 0 Å².